The van der Waals surface area contributed by atoms with E-state index in [9.17, 15) is 4.79 Å². The first-order chi connectivity index (χ1) is 6.60. The van der Waals surface area contributed by atoms with Gasteiger partial charge in [-0.3, -0.25) is 0 Å². The summed E-state index contributed by atoms with van der Waals surface area (Å²) in [7, 11) is 0. The van der Waals surface area contributed by atoms with Gasteiger partial charge in [0.05, 0.1) is 6.61 Å². The normalized spacial score (nSPS) is 15.1. The molecule has 2 nitrogen and oxygen atoms in total. The number of carbonyl (C=O) groups excluding carboxylic acids is 1. The first-order valence-corrected chi connectivity index (χ1v) is 5.07. The van der Waals surface area contributed by atoms with Crippen LogP contribution in [0.2, 0.25) is 0 Å². The fourth-order valence-corrected chi connectivity index (χ4v) is 1.19. The Morgan fingerprint density at radius 1 is 1.43 bits per heavy atom. The molecule has 0 aliphatic heterocycles. The molecule has 2 atom stereocenters. The molecule has 0 aromatic carbocycles. The molecule has 0 saturated heterocycles. The number of carbonyl (C=O) groups is 1. The molecule has 14 heavy (non-hydrogen) atoms. The van der Waals surface area contributed by atoms with Crippen LogP contribution in [0.1, 0.15) is 27.2 Å². The topological polar surface area (TPSA) is 26.3 Å². The van der Waals surface area contributed by atoms with E-state index in [1.165, 1.54) is 6.08 Å². The summed E-state index contributed by atoms with van der Waals surface area (Å²) in [6.45, 7) is 10.1. The minimum Gasteiger partial charge on any atom is -0.463 e. The molecule has 0 amide bonds. The number of hydrogen-bond donors (Lipinski definition) is 0. The second kappa shape index (κ2) is 7.36. The van der Waals surface area contributed by atoms with E-state index in [2.05, 4.69) is 20.4 Å². The molecular formula is C12H20O2. The molecule has 0 saturated carbocycles. The van der Waals surface area contributed by atoms with Crippen LogP contribution in [-0.2, 0) is 9.53 Å². The van der Waals surface area contributed by atoms with Crippen LogP contribution in [-0.4, -0.2) is 12.6 Å². The molecule has 0 rings (SSSR count). The second-order valence-corrected chi connectivity index (χ2v) is 3.54. The van der Waals surface area contributed by atoms with Crippen molar-refractivity contribution in [1.29, 1.82) is 0 Å². The van der Waals surface area contributed by atoms with Crippen LogP contribution < -0.4 is 0 Å². The average Bonchev–Trinajstić information content (AvgIpc) is 2.15. The quantitative estimate of drug-likeness (QED) is 0.371. The lowest BCUT2D eigenvalue weighted by atomic mass is 9.97. The highest BCUT2D eigenvalue weighted by atomic mass is 16.5. The number of ether oxygens (including phenoxy) is 1. The Morgan fingerprint density at radius 2 is 2.07 bits per heavy atom. The van der Waals surface area contributed by atoms with E-state index in [-0.39, 0.29) is 5.97 Å². The van der Waals surface area contributed by atoms with Crippen LogP contribution in [0, 0.1) is 11.8 Å². The predicted molar refractivity (Wildman–Crippen MR) is 58.9 cm³/mol. The van der Waals surface area contributed by atoms with Gasteiger partial charge in [0.2, 0.25) is 0 Å². The number of rotatable bonds is 6. The third-order valence-electron chi connectivity index (χ3n) is 1.99. The van der Waals surface area contributed by atoms with Crippen molar-refractivity contribution in [1.82, 2.24) is 0 Å². The van der Waals surface area contributed by atoms with E-state index in [0.29, 0.717) is 18.4 Å². The van der Waals surface area contributed by atoms with Crippen molar-refractivity contribution in [3.8, 4) is 0 Å². The third kappa shape index (κ3) is 6.46. The van der Waals surface area contributed by atoms with E-state index in [1.54, 1.807) is 6.92 Å². The molecule has 0 unspecified atom stereocenters. The summed E-state index contributed by atoms with van der Waals surface area (Å²) < 4.78 is 4.78. The van der Waals surface area contributed by atoms with Gasteiger partial charge in [-0.1, -0.05) is 26.0 Å². The summed E-state index contributed by atoms with van der Waals surface area (Å²) in [5.41, 5.74) is 0. The minimum absolute atomic E-state index is 0.259. The summed E-state index contributed by atoms with van der Waals surface area (Å²) in [6.07, 6.45) is 6.33. The van der Waals surface area contributed by atoms with E-state index in [1.807, 2.05) is 12.2 Å². The van der Waals surface area contributed by atoms with Crippen LogP contribution >= 0.6 is 0 Å². The highest BCUT2D eigenvalue weighted by molar-refractivity contribution is 5.81. The smallest absolute Gasteiger partial charge is 0.330 e. The van der Waals surface area contributed by atoms with Gasteiger partial charge in [0.1, 0.15) is 0 Å². The zero-order valence-corrected chi connectivity index (χ0v) is 9.32. The van der Waals surface area contributed by atoms with E-state index < -0.39 is 0 Å². The Labute approximate surface area is 86.6 Å². The highest BCUT2D eigenvalue weighted by Crippen LogP contribution is 2.13. The van der Waals surface area contributed by atoms with Crippen molar-refractivity contribution in [2.45, 2.75) is 27.2 Å². The maximum absolute atomic E-state index is 11.0. The average molecular weight is 196 g/mol. The molecule has 2 heteroatoms. The molecule has 0 aromatic heterocycles. The molecule has 0 radical (unpaired) electrons. The number of allylic oxidation sites excluding steroid dienone is 2. The lowest BCUT2D eigenvalue weighted by molar-refractivity contribution is -0.137. The Balaban J connectivity index is 3.86. The summed E-state index contributed by atoms with van der Waals surface area (Å²) in [5.74, 6) is 0.606. The fraction of sp³-hybridized carbons (Fsp3) is 0.583. The first kappa shape index (κ1) is 12.9. The molecule has 0 aliphatic carbocycles. The molecule has 0 aliphatic rings. The molecular weight excluding hydrogens is 176 g/mol. The Kier molecular flexibility index (Phi) is 6.81. The van der Waals surface area contributed by atoms with Gasteiger partial charge < -0.3 is 4.74 Å². The van der Waals surface area contributed by atoms with Crippen molar-refractivity contribution in [3.05, 3.63) is 24.8 Å². The Bertz CT molecular complexity index is 206. The molecule has 0 heterocycles. The van der Waals surface area contributed by atoms with Gasteiger partial charge in [0.15, 0.2) is 0 Å². The van der Waals surface area contributed by atoms with Crippen molar-refractivity contribution < 1.29 is 9.53 Å². The standard InChI is InChI=1S/C12H20O2/c1-5-10(3)9-11(4)7-8-12(13)14-6-2/h5,7-8,10-11H,1,6,9H2,2-4H3/b8-7-/t10-,11-/m1/s1. The molecule has 0 spiro atoms. The van der Waals surface area contributed by atoms with Crippen LogP contribution in [0.5, 0.6) is 0 Å². The first-order valence-electron chi connectivity index (χ1n) is 5.07. The van der Waals surface area contributed by atoms with Gasteiger partial charge >= 0.3 is 5.97 Å². The maximum atomic E-state index is 11.0. The molecule has 0 bridgehead atoms. The highest BCUT2D eigenvalue weighted by Gasteiger charge is 2.03. The van der Waals surface area contributed by atoms with Crippen molar-refractivity contribution in [3.63, 3.8) is 0 Å². The molecule has 0 fully saturated rings. The van der Waals surface area contributed by atoms with Crippen LogP contribution in [0.25, 0.3) is 0 Å². The summed E-state index contributed by atoms with van der Waals surface area (Å²) in [6, 6.07) is 0. The molecule has 80 valence electrons. The largest absolute Gasteiger partial charge is 0.463 e. The summed E-state index contributed by atoms with van der Waals surface area (Å²) in [4.78, 5) is 11.0. The van der Waals surface area contributed by atoms with Crippen LogP contribution in [0.4, 0.5) is 0 Å². The van der Waals surface area contributed by atoms with Crippen LogP contribution in [0.3, 0.4) is 0 Å². The fourth-order valence-electron chi connectivity index (χ4n) is 1.19. The van der Waals surface area contributed by atoms with E-state index in [4.69, 9.17) is 4.74 Å². The van der Waals surface area contributed by atoms with Gasteiger partial charge in [0, 0.05) is 6.08 Å². The van der Waals surface area contributed by atoms with Crippen molar-refractivity contribution >= 4 is 5.97 Å². The summed E-state index contributed by atoms with van der Waals surface area (Å²) in [5, 5.41) is 0. The maximum Gasteiger partial charge on any atom is 0.330 e. The second-order valence-electron chi connectivity index (χ2n) is 3.54. The van der Waals surface area contributed by atoms with Crippen molar-refractivity contribution in [2.75, 3.05) is 6.61 Å². The molecule has 0 aromatic rings. The zero-order valence-electron chi connectivity index (χ0n) is 9.32. The van der Waals surface area contributed by atoms with Gasteiger partial charge in [-0.25, -0.2) is 4.79 Å². The van der Waals surface area contributed by atoms with Crippen LogP contribution in [0.15, 0.2) is 24.8 Å². The minimum atomic E-state index is -0.259. The SMILES string of the molecule is C=C[C@@H](C)C[C@H](C)/C=C\C(=O)OCC. The van der Waals surface area contributed by atoms with Gasteiger partial charge in [-0.15, -0.1) is 6.58 Å². The summed E-state index contributed by atoms with van der Waals surface area (Å²) >= 11 is 0. The third-order valence-corrected chi connectivity index (χ3v) is 1.99. The van der Waals surface area contributed by atoms with E-state index >= 15 is 0 Å². The number of esters is 1. The Hall–Kier alpha value is -1.05. The lowest BCUT2D eigenvalue weighted by Gasteiger charge is -2.09. The predicted octanol–water partition coefficient (Wildman–Crippen LogP) is 2.95. The lowest BCUT2D eigenvalue weighted by Crippen LogP contribution is -2.02. The van der Waals surface area contributed by atoms with Crippen molar-refractivity contribution in [2.24, 2.45) is 11.8 Å². The molecule has 0 N–H and O–H groups in total. The van der Waals surface area contributed by atoms with Gasteiger partial charge in [0.25, 0.3) is 0 Å². The van der Waals surface area contributed by atoms with Gasteiger partial charge in [-0.05, 0) is 25.2 Å². The van der Waals surface area contributed by atoms with Gasteiger partial charge in [-0.2, -0.15) is 0 Å². The zero-order chi connectivity index (χ0) is 11.0. The van der Waals surface area contributed by atoms with E-state index in [0.717, 1.165) is 6.42 Å². The Morgan fingerprint density at radius 3 is 2.57 bits per heavy atom. The number of hydrogen-bond acceptors (Lipinski definition) is 2. The monoisotopic (exact) mass is 196 g/mol.